The first-order valence-corrected chi connectivity index (χ1v) is 9.74. The van der Waals surface area contributed by atoms with Gasteiger partial charge in [0, 0.05) is 44.5 Å². The first-order valence-electron chi connectivity index (χ1n) is 9.74. The molecule has 2 aromatic rings. The third-order valence-corrected chi connectivity index (χ3v) is 4.76. The second-order valence-electron chi connectivity index (χ2n) is 6.84. The minimum absolute atomic E-state index is 0.000228. The van der Waals surface area contributed by atoms with Crippen molar-refractivity contribution in [3.05, 3.63) is 36.3 Å². The van der Waals surface area contributed by atoms with E-state index in [0.717, 1.165) is 48.2 Å². The van der Waals surface area contributed by atoms with E-state index in [1.807, 2.05) is 30.4 Å². The van der Waals surface area contributed by atoms with E-state index in [2.05, 4.69) is 33.5 Å². The predicted molar refractivity (Wildman–Crippen MR) is 115 cm³/mol. The van der Waals surface area contributed by atoms with E-state index in [0.29, 0.717) is 18.9 Å². The summed E-state index contributed by atoms with van der Waals surface area (Å²) in [5, 5.41) is 0. The molecule has 1 unspecified atom stereocenters. The molecule has 150 valence electrons. The Morgan fingerprint density at radius 3 is 2.96 bits per heavy atom. The lowest BCUT2D eigenvalue weighted by Crippen LogP contribution is -2.31. The number of carbonyl (C=O) groups is 1. The normalized spacial score (nSPS) is 12.8. The minimum Gasteiger partial charge on any atom is -0.345 e. The molecule has 0 aliphatic rings. The van der Waals surface area contributed by atoms with Crippen LogP contribution in [0, 0.1) is 5.92 Å². The molecule has 7 nitrogen and oxygen atoms in total. The van der Waals surface area contributed by atoms with Crippen molar-refractivity contribution in [2.24, 2.45) is 15.9 Å². The van der Waals surface area contributed by atoms with E-state index in [4.69, 9.17) is 4.98 Å². The number of hydrogen-bond acceptors (Lipinski definition) is 4. The molecule has 0 aliphatic heterocycles. The van der Waals surface area contributed by atoms with Gasteiger partial charge in [0.1, 0.15) is 11.9 Å². The summed E-state index contributed by atoms with van der Waals surface area (Å²) in [4.78, 5) is 34.0. The number of H-pyrrole nitrogens is 1. The summed E-state index contributed by atoms with van der Waals surface area (Å²) in [6, 6.07) is 0. The molecule has 0 spiro atoms. The summed E-state index contributed by atoms with van der Waals surface area (Å²) < 4.78 is 0. The number of fused-ring (bicyclic) bond motifs is 1. The number of aromatic amines is 1. The summed E-state index contributed by atoms with van der Waals surface area (Å²) in [5.74, 6) is 0.495. The highest BCUT2D eigenvalue weighted by molar-refractivity contribution is 5.86. The molecule has 1 amide bonds. The smallest absolute Gasteiger partial charge is 0.245 e. The van der Waals surface area contributed by atoms with Crippen LogP contribution < -0.4 is 0 Å². The van der Waals surface area contributed by atoms with Crippen LogP contribution in [-0.2, 0) is 17.6 Å². The third-order valence-electron chi connectivity index (χ3n) is 4.76. The number of nitrogens with zero attached hydrogens (tertiary/aromatic N) is 5. The second-order valence-corrected chi connectivity index (χ2v) is 6.84. The molecule has 0 aromatic carbocycles. The highest BCUT2D eigenvalue weighted by Crippen LogP contribution is 2.17. The summed E-state index contributed by atoms with van der Waals surface area (Å²) in [7, 11) is 1.69. The van der Waals surface area contributed by atoms with Crippen LogP contribution in [0.1, 0.15) is 37.9 Å². The maximum Gasteiger partial charge on any atom is 0.245 e. The first-order chi connectivity index (χ1) is 13.6. The Bertz CT molecular complexity index is 839. The molecule has 2 heterocycles. The zero-order valence-electron chi connectivity index (χ0n) is 17.1. The molecule has 0 saturated carbocycles. The Balaban J connectivity index is 1.92. The van der Waals surface area contributed by atoms with Gasteiger partial charge in [0.2, 0.25) is 5.91 Å². The Morgan fingerprint density at radius 1 is 1.43 bits per heavy atom. The number of likely N-dealkylation sites (N-methyl/N-ethyl adjacent to an activating group) is 1. The Hall–Kier alpha value is -2.83. The van der Waals surface area contributed by atoms with Gasteiger partial charge in [0.15, 0.2) is 5.65 Å². The molecular formula is C21H30N6O. The van der Waals surface area contributed by atoms with Crippen LogP contribution in [-0.4, -0.2) is 58.4 Å². The Labute approximate surface area is 166 Å². The van der Waals surface area contributed by atoms with Crippen LogP contribution in [0.3, 0.4) is 0 Å². The van der Waals surface area contributed by atoms with Gasteiger partial charge in [-0.25, -0.2) is 15.0 Å². The fourth-order valence-electron chi connectivity index (χ4n) is 2.99. The molecule has 0 fully saturated rings. The lowest BCUT2D eigenvalue weighted by molar-refractivity contribution is -0.126. The van der Waals surface area contributed by atoms with Crippen molar-refractivity contribution in [1.29, 1.82) is 0 Å². The standard InChI is InChI=1S/C21H30N6O/c1-5-19(28)27(6-2)12-10-16(3)7-8-18-14-25-21-20(26-18)17(13-24-21)9-11-23-15-22-4/h5,11,13-16H,1,6-10,12H2,2-4H3,(H,24,25). The first kappa shape index (κ1) is 21.5. The van der Waals surface area contributed by atoms with Gasteiger partial charge in [0.05, 0.1) is 11.9 Å². The zero-order valence-corrected chi connectivity index (χ0v) is 17.1. The molecule has 2 aromatic heterocycles. The van der Waals surface area contributed by atoms with Crippen LogP contribution in [0.4, 0.5) is 0 Å². The highest BCUT2D eigenvalue weighted by atomic mass is 16.2. The van der Waals surface area contributed by atoms with Crippen molar-refractivity contribution >= 4 is 29.6 Å². The SMILES string of the molecule is C=CC(=O)N(CC)CCC(C)CCc1cnc2[nH]cc(CC=NC=NC)c2n1. The lowest BCUT2D eigenvalue weighted by atomic mass is 10.0. The van der Waals surface area contributed by atoms with Crippen LogP contribution in [0.25, 0.3) is 11.2 Å². The summed E-state index contributed by atoms with van der Waals surface area (Å²) in [6.07, 6.45) is 12.0. The van der Waals surface area contributed by atoms with Crippen molar-refractivity contribution < 1.29 is 4.79 Å². The molecule has 0 saturated heterocycles. The fourth-order valence-corrected chi connectivity index (χ4v) is 2.99. The van der Waals surface area contributed by atoms with Gasteiger partial charge in [-0.2, -0.15) is 0 Å². The van der Waals surface area contributed by atoms with Crippen LogP contribution in [0.5, 0.6) is 0 Å². The second kappa shape index (κ2) is 11.1. The maximum absolute atomic E-state index is 11.7. The lowest BCUT2D eigenvalue weighted by Gasteiger charge is -2.21. The van der Waals surface area contributed by atoms with Crippen molar-refractivity contribution in [1.82, 2.24) is 19.9 Å². The quantitative estimate of drug-likeness (QED) is 0.368. The van der Waals surface area contributed by atoms with Gasteiger partial charge in [-0.1, -0.05) is 13.5 Å². The van der Waals surface area contributed by atoms with Gasteiger partial charge >= 0.3 is 0 Å². The van der Waals surface area contributed by atoms with Gasteiger partial charge < -0.3 is 9.88 Å². The molecule has 0 radical (unpaired) electrons. The zero-order chi connectivity index (χ0) is 20.4. The van der Waals surface area contributed by atoms with E-state index in [9.17, 15) is 4.79 Å². The maximum atomic E-state index is 11.7. The van der Waals surface area contributed by atoms with Gasteiger partial charge in [0.25, 0.3) is 0 Å². The number of aryl methyl sites for hydroxylation is 1. The fraction of sp³-hybridized carbons (Fsp3) is 0.476. The van der Waals surface area contributed by atoms with E-state index < -0.39 is 0 Å². The molecule has 2 rings (SSSR count). The van der Waals surface area contributed by atoms with E-state index in [1.165, 1.54) is 12.4 Å². The monoisotopic (exact) mass is 382 g/mol. The predicted octanol–water partition coefficient (Wildman–Crippen LogP) is 3.22. The number of nitrogens with one attached hydrogen (secondary N) is 1. The average molecular weight is 383 g/mol. The third kappa shape index (κ3) is 6.11. The Kier molecular flexibility index (Phi) is 8.52. The number of amides is 1. The topological polar surface area (TPSA) is 86.6 Å². The summed E-state index contributed by atoms with van der Waals surface area (Å²) in [5.41, 5.74) is 3.76. The van der Waals surface area contributed by atoms with E-state index in [-0.39, 0.29) is 5.91 Å². The number of carbonyl (C=O) groups excluding carboxylic acids is 1. The van der Waals surface area contributed by atoms with E-state index >= 15 is 0 Å². The molecule has 1 N–H and O–H groups in total. The average Bonchev–Trinajstić information content (AvgIpc) is 3.12. The van der Waals surface area contributed by atoms with Crippen molar-refractivity contribution in [3.8, 4) is 0 Å². The van der Waals surface area contributed by atoms with Gasteiger partial charge in [-0.15, -0.1) is 0 Å². The number of aliphatic imine (C=N–C) groups is 2. The van der Waals surface area contributed by atoms with Crippen molar-refractivity contribution in [3.63, 3.8) is 0 Å². The Morgan fingerprint density at radius 2 is 2.25 bits per heavy atom. The van der Waals surface area contributed by atoms with Crippen molar-refractivity contribution in [2.45, 2.75) is 39.5 Å². The summed E-state index contributed by atoms with van der Waals surface area (Å²) in [6.45, 7) is 9.24. The largest absolute Gasteiger partial charge is 0.345 e. The van der Waals surface area contributed by atoms with Gasteiger partial charge in [-0.3, -0.25) is 9.79 Å². The minimum atomic E-state index is -0.000228. The number of rotatable bonds is 11. The van der Waals surface area contributed by atoms with E-state index in [1.54, 1.807) is 7.05 Å². The highest BCUT2D eigenvalue weighted by Gasteiger charge is 2.12. The molecule has 28 heavy (non-hydrogen) atoms. The van der Waals surface area contributed by atoms with Gasteiger partial charge in [-0.05, 0) is 38.2 Å². The molecule has 0 bridgehead atoms. The molecule has 7 heteroatoms. The summed E-state index contributed by atoms with van der Waals surface area (Å²) >= 11 is 0. The van der Waals surface area contributed by atoms with Crippen LogP contribution >= 0.6 is 0 Å². The molecule has 1 atom stereocenters. The molecule has 0 aliphatic carbocycles. The van der Waals surface area contributed by atoms with Crippen LogP contribution in [0.15, 0.2) is 35.0 Å². The number of aromatic nitrogens is 3. The van der Waals surface area contributed by atoms with Crippen molar-refractivity contribution in [2.75, 3.05) is 20.1 Å². The van der Waals surface area contributed by atoms with Crippen LogP contribution in [0.2, 0.25) is 0 Å². The molecular weight excluding hydrogens is 352 g/mol. The number of hydrogen-bond donors (Lipinski definition) is 1.